The van der Waals surface area contributed by atoms with Crippen LogP contribution in [0.2, 0.25) is 0 Å². The van der Waals surface area contributed by atoms with Crippen molar-refractivity contribution in [2.75, 3.05) is 30.8 Å². The fourth-order valence-corrected chi connectivity index (χ4v) is 3.81. The van der Waals surface area contributed by atoms with Crippen molar-refractivity contribution in [1.82, 2.24) is 19.9 Å². The lowest BCUT2D eigenvalue weighted by molar-refractivity contribution is 0.0648. The van der Waals surface area contributed by atoms with Crippen molar-refractivity contribution in [2.24, 2.45) is 0 Å². The van der Waals surface area contributed by atoms with E-state index in [-0.39, 0.29) is 11.9 Å². The second-order valence-corrected chi connectivity index (χ2v) is 7.47. The lowest BCUT2D eigenvalue weighted by Gasteiger charge is -2.30. The number of carbonyl (C=O) groups is 1. The minimum Gasteiger partial charge on any atom is -0.380 e. The summed E-state index contributed by atoms with van der Waals surface area (Å²) in [6.45, 7) is 7.37. The van der Waals surface area contributed by atoms with E-state index in [2.05, 4.69) is 25.6 Å². The molecule has 1 saturated heterocycles. The molecular formula is C20H25FN6OS. The first kappa shape index (κ1) is 20.9. The molecule has 29 heavy (non-hydrogen) atoms. The number of amides is 1. The van der Waals surface area contributed by atoms with Crippen molar-refractivity contribution in [1.29, 1.82) is 0 Å². The molecule has 4 heterocycles. The molecular weight excluding hydrogens is 391 g/mol. The van der Waals surface area contributed by atoms with Crippen LogP contribution in [0, 0.1) is 5.82 Å². The number of hydrogen-bond donors (Lipinski definition) is 2. The Kier molecular flexibility index (Phi) is 6.58. The number of carbonyl (C=O) groups excluding carboxylic acids is 1. The molecule has 0 radical (unpaired) electrons. The number of fused-ring (bicyclic) bond motifs is 1. The van der Waals surface area contributed by atoms with Crippen LogP contribution in [0.15, 0.2) is 24.5 Å². The number of hydrogen-bond acceptors (Lipinski definition) is 7. The minimum atomic E-state index is -0.400. The summed E-state index contributed by atoms with van der Waals surface area (Å²) >= 11 is 1.46. The molecule has 2 N–H and O–H groups in total. The predicted octanol–water partition coefficient (Wildman–Crippen LogP) is 4.31. The Labute approximate surface area is 173 Å². The topological polar surface area (TPSA) is 83.0 Å². The maximum absolute atomic E-state index is 13.4. The number of nitrogens with zero attached hydrogens (tertiary/aromatic N) is 4. The first-order chi connectivity index (χ1) is 14.0. The van der Waals surface area contributed by atoms with Crippen molar-refractivity contribution in [3.63, 3.8) is 0 Å². The van der Waals surface area contributed by atoms with Gasteiger partial charge in [0.15, 0.2) is 5.69 Å². The normalized spacial score (nSPS) is 13.9. The first-order valence-electron chi connectivity index (χ1n) is 9.70. The van der Waals surface area contributed by atoms with E-state index in [1.165, 1.54) is 17.4 Å². The Morgan fingerprint density at radius 3 is 2.62 bits per heavy atom. The van der Waals surface area contributed by atoms with Crippen molar-refractivity contribution < 1.29 is 9.18 Å². The molecule has 3 aromatic rings. The molecule has 1 fully saturated rings. The second-order valence-electron chi connectivity index (χ2n) is 6.42. The molecule has 154 valence electrons. The van der Waals surface area contributed by atoms with Gasteiger partial charge in [-0.15, -0.1) is 11.3 Å². The summed E-state index contributed by atoms with van der Waals surface area (Å²) in [5.41, 5.74) is 1.78. The molecule has 1 amide bonds. The van der Waals surface area contributed by atoms with E-state index in [0.29, 0.717) is 22.7 Å². The molecule has 0 spiro atoms. The third-order valence-electron chi connectivity index (χ3n) is 4.54. The number of nitrogens with one attached hydrogen (secondary N) is 2. The predicted molar refractivity (Wildman–Crippen MR) is 115 cm³/mol. The number of likely N-dealkylation sites (tertiary alicyclic amines) is 1. The Morgan fingerprint density at radius 1 is 1.24 bits per heavy atom. The van der Waals surface area contributed by atoms with Gasteiger partial charge >= 0.3 is 0 Å². The number of anilines is 2. The average Bonchev–Trinajstić information content (AvgIpc) is 3.10. The zero-order chi connectivity index (χ0) is 21.0. The zero-order valence-corrected chi connectivity index (χ0v) is 17.8. The fourth-order valence-electron chi connectivity index (χ4n) is 2.87. The van der Waals surface area contributed by atoms with Crippen LogP contribution in [0.3, 0.4) is 0 Å². The van der Waals surface area contributed by atoms with Crippen LogP contribution >= 0.6 is 11.3 Å². The van der Waals surface area contributed by atoms with Gasteiger partial charge in [0.1, 0.15) is 5.82 Å². The van der Waals surface area contributed by atoms with E-state index in [9.17, 15) is 9.18 Å². The summed E-state index contributed by atoms with van der Waals surface area (Å²) < 4.78 is 14.2. The van der Waals surface area contributed by atoms with Crippen molar-refractivity contribution in [3.05, 3.63) is 41.6 Å². The molecule has 0 aliphatic carbocycles. The largest absolute Gasteiger partial charge is 0.380 e. The van der Waals surface area contributed by atoms with Crippen molar-refractivity contribution >= 4 is 38.4 Å². The van der Waals surface area contributed by atoms with Crippen molar-refractivity contribution in [3.8, 4) is 0 Å². The summed E-state index contributed by atoms with van der Waals surface area (Å²) in [6.07, 6.45) is 3.77. The van der Waals surface area contributed by atoms with E-state index >= 15 is 0 Å². The van der Waals surface area contributed by atoms with Crippen LogP contribution in [0.1, 0.15) is 49.3 Å². The van der Waals surface area contributed by atoms with E-state index in [0.717, 1.165) is 35.4 Å². The summed E-state index contributed by atoms with van der Waals surface area (Å²) in [6, 6.07) is 3.05. The Morgan fingerprint density at radius 2 is 2.00 bits per heavy atom. The van der Waals surface area contributed by atoms with Gasteiger partial charge in [0.25, 0.3) is 5.91 Å². The van der Waals surface area contributed by atoms with Gasteiger partial charge in [-0.1, -0.05) is 13.8 Å². The monoisotopic (exact) mass is 416 g/mol. The number of thiophene rings is 1. The van der Waals surface area contributed by atoms with Crippen LogP contribution in [-0.4, -0.2) is 45.9 Å². The van der Waals surface area contributed by atoms with Gasteiger partial charge in [-0.05, 0) is 31.0 Å². The Bertz CT molecular complexity index is 1000. The number of halogens is 1. The van der Waals surface area contributed by atoms with Gasteiger partial charge in [-0.3, -0.25) is 9.78 Å². The zero-order valence-electron chi connectivity index (χ0n) is 17.0. The SMILES string of the molecule is CC.CNc1cc2nc(N[C@@H](C)c3cncc(F)c3)nc(C(=O)N3CCC3)c2s1. The molecule has 4 rings (SSSR count). The molecule has 1 aliphatic rings. The molecule has 0 bridgehead atoms. The van der Waals surface area contributed by atoms with E-state index in [4.69, 9.17) is 0 Å². The summed E-state index contributed by atoms with van der Waals surface area (Å²) in [5, 5.41) is 7.16. The van der Waals surface area contributed by atoms with Gasteiger partial charge in [-0.25, -0.2) is 14.4 Å². The highest BCUT2D eigenvalue weighted by atomic mass is 32.1. The summed E-state index contributed by atoms with van der Waals surface area (Å²) in [7, 11) is 1.83. The highest BCUT2D eigenvalue weighted by Gasteiger charge is 2.26. The Hall–Kier alpha value is -2.81. The van der Waals surface area contributed by atoms with E-state index < -0.39 is 5.82 Å². The van der Waals surface area contributed by atoms with Crippen LogP contribution in [0.5, 0.6) is 0 Å². The minimum absolute atomic E-state index is 0.0821. The molecule has 9 heteroatoms. The highest BCUT2D eigenvalue weighted by molar-refractivity contribution is 7.23. The molecule has 0 unspecified atom stereocenters. The van der Waals surface area contributed by atoms with Crippen LogP contribution < -0.4 is 10.6 Å². The van der Waals surface area contributed by atoms with E-state index in [1.54, 1.807) is 11.1 Å². The van der Waals surface area contributed by atoms with Gasteiger partial charge in [0, 0.05) is 26.3 Å². The van der Waals surface area contributed by atoms with Crippen LogP contribution in [0.4, 0.5) is 15.3 Å². The third kappa shape index (κ3) is 4.45. The maximum atomic E-state index is 13.4. The first-order valence-corrected chi connectivity index (χ1v) is 10.5. The van der Waals surface area contributed by atoms with Crippen molar-refractivity contribution in [2.45, 2.75) is 33.2 Å². The van der Waals surface area contributed by atoms with Gasteiger partial charge in [0.2, 0.25) is 5.95 Å². The molecule has 1 atom stereocenters. The lowest BCUT2D eigenvalue weighted by atomic mass is 10.1. The van der Waals surface area contributed by atoms with Gasteiger partial charge in [-0.2, -0.15) is 0 Å². The van der Waals surface area contributed by atoms with Crippen LogP contribution in [-0.2, 0) is 0 Å². The van der Waals surface area contributed by atoms with Gasteiger partial charge in [0.05, 0.1) is 27.5 Å². The maximum Gasteiger partial charge on any atom is 0.274 e. The molecule has 0 saturated carbocycles. The third-order valence-corrected chi connectivity index (χ3v) is 5.68. The lowest BCUT2D eigenvalue weighted by Crippen LogP contribution is -2.42. The molecule has 1 aliphatic heterocycles. The number of aromatic nitrogens is 3. The fraction of sp³-hybridized carbons (Fsp3) is 0.400. The second kappa shape index (κ2) is 9.13. The summed E-state index contributed by atoms with van der Waals surface area (Å²) in [4.78, 5) is 27.5. The molecule has 0 aromatic carbocycles. The standard InChI is InChI=1S/C18H19FN6OS.C2H6/c1-10(11-6-12(19)9-21-8-11)22-18-23-13-7-14(20-2)27-16(13)15(24-18)17(26)25-4-3-5-25;1-2/h6-10,20H,3-5H2,1-2H3,(H,22,23,24);1-2H3/t10-;/m0./s1. The van der Waals surface area contributed by atoms with Gasteiger partial charge < -0.3 is 15.5 Å². The van der Waals surface area contributed by atoms with Crippen LogP contribution in [0.25, 0.3) is 10.2 Å². The summed E-state index contributed by atoms with van der Waals surface area (Å²) in [5.74, 6) is -0.146. The Balaban J connectivity index is 0.00000117. The molecule has 3 aromatic heterocycles. The smallest absolute Gasteiger partial charge is 0.274 e. The molecule has 7 nitrogen and oxygen atoms in total. The number of pyridine rings is 1. The quantitative estimate of drug-likeness (QED) is 0.645. The average molecular weight is 417 g/mol. The van der Waals surface area contributed by atoms with E-state index in [1.807, 2.05) is 33.9 Å². The number of rotatable bonds is 5. The highest BCUT2D eigenvalue weighted by Crippen LogP contribution is 2.32.